The Morgan fingerprint density at radius 3 is 2.56 bits per heavy atom. The van der Waals surface area contributed by atoms with Gasteiger partial charge >= 0.3 is 0 Å². The van der Waals surface area contributed by atoms with E-state index in [-0.39, 0.29) is 5.91 Å². The van der Waals surface area contributed by atoms with Crippen LogP contribution < -0.4 is 14.8 Å². The molecule has 3 aromatic carbocycles. The Balaban J connectivity index is 1.45. The van der Waals surface area contributed by atoms with Gasteiger partial charge in [-0.1, -0.05) is 48.0 Å². The molecule has 27 heavy (non-hydrogen) atoms. The molecule has 0 aromatic heterocycles. The molecule has 0 saturated carbocycles. The van der Waals surface area contributed by atoms with Crippen LogP contribution >= 0.6 is 0 Å². The van der Waals surface area contributed by atoms with Gasteiger partial charge in [-0.05, 0) is 55.3 Å². The lowest BCUT2D eigenvalue weighted by Gasteiger charge is -2.16. The number of carbonyl (C=O) groups excluding carboxylic acids is 1. The third-order valence-electron chi connectivity index (χ3n) is 4.39. The van der Waals surface area contributed by atoms with Crippen LogP contribution in [0.4, 0.5) is 0 Å². The van der Waals surface area contributed by atoms with Gasteiger partial charge in [0.2, 0.25) is 0 Å². The fourth-order valence-electron chi connectivity index (χ4n) is 2.92. The topological polar surface area (TPSA) is 47.6 Å². The summed E-state index contributed by atoms with van der Waals surface area (Å²) >= 11 is 0. The molecule has 0 saturated heterocycles. The molecule has 0 fully saturated rings. The molecule has 0 aliphatic rings. The predicted octanol–water partition coefficient (Wildman–Crippen LogP) is 4.42. The maximum absolute atomic E-state index is 12.2. The predicted molar refractivity (Wildman–Crippen MR) is 108 cm³/mol. The number of amides is 1. The van der Waals surface area contributed by atoms with Crippen LogP contribution in [0.2, 0.25) is 0 Å². The zero-order chi connectivity index (χ0) is 19.2. The SMILES string of the molecule is Cc1ccc(OC(C)C(=O)NCCOc2ccc3ccccc3c2)c(C)c1. The number of ether oxygens (including phenoxy) is 2. The summed E-state index contributed by atoms with van der Waals surface area (Å²) < 4.78 is 11.5. The number of hydrogen-bond donors (Lipinski definition) is 1. The van der Waals surface area contributed by atoms with Gasteiger partial charge in [0.1, 0.15) is 18.1 Å². The number of nitrogens with one attached hydrogen (secondary N) is 1. The molecule has 140 valence electrons. The lowest BCUT2D eigenvalue weighted by Crippen LogP contribution is -2.38. The quantitative estimate of drug-likeness (QED) is 0.632. The normalized spacial score (nSPS) is 11.8. The Morgan fingerprint density at radius 1 is 1.00 bits per heavy atom. The second kappa shape index (κ2) is 8.58. The van der Waals surface area contributed by atoms with Gasteiger partial charge in [0, 0.05) is 0 Å². The third kappa shape index (κ3) is 5.00. The average Bonchev–Trinajstić information content (AvgIpc) is 2.67. The van der Waals surface area contributed by atoms with Crippen LogP contribution in [-0.4, -0.2) is 25.2 Å². The number of benzene rings is 3. The van der Waals surface area contributed by atoms with Crippen molar-refractivity contribution in [3.8, 4) is 11.5 Å². The Labute approximate surface area is 160 Å². The van der Waals surface area contributed by atoms with Crippen LogP contribution in [0.5, 0.6) is 11.5 Å². The highest BCUT2D eigenvalue weighted by Gasteiger charge is 2.15. The molecule has 3 aromatic rings. The van der Waals surface area contributed by atoms with Gasteiger partial charge in [-0.15, -0.1) is 0 Å². The maximum atomic E-state index is 12.2. The van der Waals surface area contributed by atoms with E-state index in [1.807, 2.05) is 62.4 Å². The van der Waals surface area contributed by atoms with Gasteiger partial charge in [0.15, 0.2) is 6.10 Å². The number of aryl methyl sites for hydroxylation is 2. The zero-order valence-electron chi connectivity index (χ0n) is 16.0. The molecule has 1 atom stereocenters. The van der Waals surface area contributed by atoms with Crippen LogP contribution in [0.25, 0.3) is 10.8 Å². The van der Waals surface area contributed by atoms with E-state index in [2.05, 4.69) is 17.4 Å². The van der Waals surface area contributed by atoms with Gasteiger partial charge in [-0.2, -0.15) is 0 Å². The lowest BCUT2D eigenvalue weighted by molar-refractivity contribution is -0.127. The molecule has 3 rings (SSSR count). The van der Waals surface area contributed by atoms with Crippen LogP contribution in [0.1, 0.15) is 18.1 Å². The molecule has 0 heterocycles. The number of rotatable bonds is 7. The van der Waals surface area contributed by atoms with Crippen LogP contribution in [0, 0.1) is 13.8 Å². The van der Waals surface area contributed by atoms with Crippen molar-refractivity contribution < 1.29 is 14.3 Å². The van der Waals surface area contributed by atoms with Crippen LogP contribution in [0.3, 0.4) is 0 Å². The smallest absolute Gasteiger partial charge is 0.260 e. The summed E-state index contributed by atoms with van der Waals surface area (Å²) in [5.41, 5.74) is 2.19. The summed E-state index contributed by atoms with van der Waals surface area (Å²) in [5, 5.41) is 5.16. The van der Waals surface area contributed by atoms with Gasteiger partial charge in [0.05, 0.1) is 6.54 Å². The van der Waals surface area contributed by atoms with E-state index in [4.69, 9.17) is 9.47 Å². The van der Waals surface area contributed by atoms with E-state index in [0.717, 1.165) is 22.4 Å². The summed E-state index contributed by atoms with van der Waals surface area (Å²) in [5.74, 6) is 1.37. The van der Waals surface area contributed by atoms with Gasteiger partial charge in [-0.25, -0.2) is 0 Å². The Kier molecular flexibility index (Phi) is 5.97. The van der Waals surface area contributed by atoms with E-state index in [1.54, 1.807) is 6.92 Å². The van der Waals surface area contributed by atoms with Crippen LogP contribution in [-0.2, 0) is 4.79 Å². The lowest BCUT2D eigenvalue weighted by atomic mass is 10.1. The van der Waals surface area contributed by atoms with Gasteiger partial charge in [-0.3, -0.25) is 4.79 Å². The van der Waals surface area contributed by atoms with Gasteiger partial charge < -0.3 is 14.8 Å². The highest BCUT2D eigenvalue weighted by Crippen LogP contribution is 2.21. The van der Waals surface area contributed by atoms with Gasteiger partial charge in [0.25, 0.3) is 5.91 Å². The van der Waals surface area contributed by atoms with E-state index in [9.17, 15) is 4.79 Å². The minimum absolute atomic E-state index is 0.155. The molecule has 1 unspecified atom stereocenters. The first-order chi connectivity index (χ1) is 13.0. The van der Waals surface area contributed by atoms with E-state index < -0.39 is 6.10 Å². The van der Waals surface area contributed by atoms with Crippen molar-refractivity contribution in [3.05, 3.63) is 71.8 Å². The molecule has 1 amide bonds. The van der Waals surface area contributed by atoms with Crippen molar-refractivity contribution in [2.75, 3.05) is 13.2 Å². The molecular weight excluding hydrogens is 338 g/mol. The van der Waals surface area contributed by atoms with Crippen molar-refractivity contribution in [1.29, 1.82) is 0 Å². The summed E-state index contributed by atoms with van der Waals surface area (Å²) in [6.07, 6.45) is -0.563. The Hall–Kier alpha value is -3.01. The first-order valence-corrected chi connectivity index (χ1v) is 9.16. The molecule has 1 N–H and O–H groups in total. The minimum Gasteiger partial charge on any atom is -0.492 e. The maximum Gasteiger partial charge on any atom is 0.260 e. The largest absolute Gasteiger partial charge is 0.492 e. The summed E-state index contributed by atoms with van der Waals surface area (Å²) in [6, 6.07) is 20.0. The van der Waals surface area contributed by atoms with E-state index in [0.29, 0.717) is 13.2 Å². The minimum atomic E-state index is -0.563. The summed E-state index contributed by atoms with van der Waals surface area (Å²) in [7, 11) is 0. The monoisotopic (exact) mass is 363 g/mol. The fourth-order valence-corrected chi connectivity index (χ4v) is 2.92. The first kappa shape index (κ1) is 18.8. The second-order valence-electron chi connectivity index (χ2n) is 6.68. The third-order valence-corrected chi connectivity index (χ3v) is 4.39. The molecule has 4 heteroatoms. The number of hydrogen-bond acceptors (Lipinski definition) is 3. The molecule has 0 aliphatic heterocycles. The number of fused-ring (bicyclic) bond motifs is 1. The molecule has 0 spiro atoms. The number of carbonyl (C=O) groups is 1. The first-order valence-electron chi connectivity index (χ1n) is 9.16. The average molecular weight is 363 g/mol. The molecular formula is C23H25NO3. The van der Waals surface area contributed by atoms with Crippen molar-refractivity contribution in [3.63, 3.8) is 0 Å². The van der Waals surface area contributed by atoms with Crippen molar-refractivity contribution in [1.82, 2.24) is 5.32 Å². The standard InChI is InChI=1S/C23H25NO3/c1-16-8-11-22(17(2)14-16)27-18(3)23(25)24-12-13-26-21-10-9-19-6-4-5-7-20(19)15-21/h4-11,14-15,18H,12-13H2,1-3H3,(H,24,25). The highest BCUT2D eigenvalue weighted by atomic mass is 16.5. The van der Waals surface area contributed by atoms with Crippen LogP contribution in [0.15, 0.2) is 60.7 Å². The molecule has 4 nitrogen and oxygen atoms in total. The zero-order valence-corrected chi connectivity index (χ0v) is 16.0. The molecule has 0 radical (unpaired) electrons. The van der Waals surface area contributed by atoms with Crippen molar-refractivity contribution in [2.24, 2.45) is 0 Å². The summed E-state index contributed by atoms with van der Waals surface area (Å²) in [6.45, 7) is 6.58. The van der Waals surface area contributed by atoms with E-state index in [1.165, 1.54) is 10.9 Å². The van der Waals surface area contributed by atoms with Crippen molar-refractivity contribution in [2.45, 2.75) is 26.9 Å². The molecule has 0 bridgehead atoms. The highest BCUT2D eigenvalue weighted by molar-refractivity contribution is 5.83. The molecule has 0 aliphatic carbocycles. The van der Waals surface area contributed by atoms with E-state index >= 15 is 0 Å². The Bertz CT molecular complexity index is 936. The second-order valence-corrected chi connectivity index (χ2v) is 6.68. The summed E-state index contributed by atoms with van der Waals surface area (Å²) in [4.78, 5) is 12.2. The fraction of sp³-hybridized carbons (Fsp3) is 0.261. The Morgan fingerprint density at radius 2 is 1.78 bits per heavy atom. The van der Waals surface area contributed by atoms with Crippen molar-refractivity contribution >= 4 is 16.7 Å².